The van der Waals surface area contributed by atoms with Crippen molar-refractivity contribution >= 4 is 11.6 Å². The second-order valence-corrected chi connectivity index (χ2v) is 2.28. The van der Waals surface area contributed by atoms with E-state index in [2.05, 4.69) is 5.32 Å². The van der Waals surface area contributed by atoms with Crippen LogP contribution in [0.4, 0.5) is 5.69 Å². The zero-order valence-electron chi connectivity index (χ0n) is 7.83. The molecule has 0 unspecified atom stereocenters. The molecule has 1 amide bonds. The molecule has 0 aliphatic heterocycles. The number of amides is 1. The number of carbonyl (C=O) groups excluding carboxylic acids is 1. The maximum Gasteiger partial charge on any atom is 0.221 e. The fraction of sp³-hybridized carbons (Fsp3) is 0.222. The van der Waals surface area contributed by atoms with Gasteiger partial charge in [-0.25, -0.2) is 0 Å². The standard InChI is InChI=1S/C9H11NO2/c1-7(11)10-8-3-5-9(12-2)6-4-8/h3-6H,1-2H3,(H,10,11)/i1D. The molecule has 3 nitrogen and oxygen atoms in total. The first-order chi connectivity index (χ1) is 6.26. The van der Waals surface area contributed by atoms with Gasteiger partial charge in [-0.05, 0) is 24.3 Å². The van der Waals surface area contributed by atoms with Crippen LogP contribution in [0.25, 0.3) is 0 Å². The van der Waals surface area contributed by atoms with Gasteiger partial charge in [-0.1, -0.05) is 0 Å². The van der Waals surface area contributed by atoms with Crippen LogP contribution < -0.4 is 10.1 Å². The highest BCUT2D eigenvalue weighted by Crippen LogP contribution is 2.14. The summed E-state index contributed by atoms with van der Waals surface area (Å²) in [5, 5.41) is 2.56. The molecule has 0 aliphatic carbocycles. The minimum absolute atomic E-state index is 0.258. The maximum atomic E-state index is 10.8. The summed E-state index contributed by atoms with van der Waals surface area (Å²) in [6.45, 7) is -0.258. The fourth-order valence-corrected chi connectivity index (χ4v) is 0.835. The predicted molar refractivity (Wildman–Crippen MR) is 47.3 cm³/mol. The Morgan fingerprint density at radius 3 is 2.67 bits per heavy atom. The number of methoxy groups -OCH3 is 1. The number of hydrogen-bond acceptors (Lipinski definition) is 2. The first kappa shape index (κ1) is 7.16. The van der Waals surface area contributed by atoms with Gasteiger partial charge in [0.2, 0.25) is 5.91 Å². The Bertz CT molecular complexity index is 284. The molecule has 3 heteroatoms. The van der Waals surface area contributed by atoms with Crippen LogP contribution in [0.1, 0.15) is 8.27 Å². The molecule has 1 N–H and O–H groups in total. The van der Waals surface area contributed by atoms with E-state index in [0.717, 1.165) is 5.75 Å². The van der Waals surface area contributed by atoms with Gasteiger partial charge in [-0.15, -0.1) is 0 Å². The van der Waals surface area contributed by atoms with Crippen molar-refractivity contribution in [1.82, 2.24) is 0 Å². The van der Waals surface area contributed by atoms with Gasteiger partial charge in [-0.3, -0.25) is 4.79 Å². The van der Waals surface area contributed by atoms with E-state index in [0.29, 0.717) is 5.69 Å². The highest BCUT2D eigenvalue weighted by molar-refractivity contribution is 5.88. The van der Waals surface area contributed by atoms with E-state index in [9.17, 15) is 4.79 Å². The summed E-state index contributed by atoms with van der Waals surface area (Å²) in [6.07, 6.45) is 0. The number of benzene rings is 1. The highest BCUT2D eigenvalue weighted by atomic mass is 16.5. The Labute approximate surface area is 72.8 Å². The Morgan fingerprint density at radius 2 is 2.17 bits per heavy atom. The van der Waals surface area contributed by atoms with Crippen molar-refractivity contribution in [2.75, 3.05) is 12.4 Å². The molecule has 0 atom stereocenters. The summed E-state index contributed by atoms with van der Waals surface area (Å²) in [5.74, 6) is 0.425. The van der Waals surface area contributed by atoms with Crippen LogP contribution in [0.2, 0.25) is 0 Å². The molecule has 0 saturated heterocycles. The molecule has 0 saturated carbocycles. The molecule has 0 spiro atoms. The quantitative estimate of drug-likeness (QED) is 0.725. The van der Waals surface area contributed by atoms with E-state index in [1.807, 2.05) is 0 Å². The second-order valence-electron chi connectivity index (χ2n) is 2.28. The summed E-state index contributed by atoms with van der Waals surface area (Å²) >= 11 is 0. The first-order valence-electron chi connectivity index (χ1n) is 4.20. The third-order valence-electron chi connectivity index (χ3n) is 1.37. The number of rotatable bonds is 2. The molecule has 0 fully saturated rings. The molecule has 1 aromatic rings. The number of nitrogens with one attached hydrogen (secondary N) is 1. The van der Waals surface area contributed by atoms with Crippen molar-refractivity contribution in [2.24, 2.45) is 0 Å². The monoisotopic (exact) mass is 166 g/mol. The van der Waals surface area contributed by atoms with E-state index in [1.165, 1.54) is 0 Å². The van der Waals surface area contributed by atoms with E-state index in [1.54, 1.807) is 31.4 Å². The molecular weight excluding hydrogens is 154 g/mol. The number of ether oxygens (including phenoxy) is 1. The Balaban J connectivity index is 2.64. The molecule has 0 radical (unpaired) electrons. The Kier molecular flexibility index (Phi) is 2.24. The van der Waals surface area contributed by atoms with Gasteiger partial charge >= 0.3 is 0 Å². The zero-order chi connectivity index (χ0) is 9.68. The molecule has 1 aromatic carbocycles. The molecule has 1 rings (SSSR count). The highest BCUT2D eigenvalue weighted by Gasteiger charge is 1.94. The summed E-state index contributed by atoms with van der Waals surface area (Å²) in [7, 11) is 1.58. The minimum atomic E-state index is -0.315. The number of anilines is 1. The SMILES string of the molecule is [2H]CC(=O)Nc1ccc(OC)cc1. The van der Waals surface area contributed by atoms with Crippen molar-refractivity contribution in [1.29, 1.82) is 0 Å². The number of hydrogen-bond donors (Lipinski definition) is 1. The lowest BCUT2D eigenvalue weighted by molar-refractivity contribution is -0.114. The first-order valence-corrected chi connectivity index (χ1v) is 3.49. The topological polar surface area (TPSA) is 38.3 Å². The van der Waals surface area contributed by atoms with Crippen LogP contribution in [0.3, 0.4) is 0 Å². The van der Waals surface area contributed by atoms with Gasteiger partial charge in [0.15, 0.2) is 0 Å². The lowest BCUT2D eigenvalue weighted by atomic mass is 10.3. The molecule has 0 bridgehead atoms. The third kappa shape index (κ3) is 2.27. The largest absolute Gasteiger partial charge is 0.497 e. The normalized spacial score (nSPS) is 10.2. The van der Waals surface area contributed by atoms with Gasteiger partial charge in [0.25, 0.3) is 0 Å². The lowest BCUT2D eigenvalue weighted by Crippen LogP contribution is -2.05. The smallest absolute Gasteiger partial charge is 0.221 e. The average Bonchev–Trinajstić information content (AvgIpc) is 2.19. The molecular formula is C9H11NO2. The van der Waals surface area contributed by atoms with E-state index in [-0.39, 0.29) is 12.8 Å². The Morgan fingerprint density at radius 1 is 1.50 bits per heavy atom. The molecule has 12 heavy (non-hydrogen) atoms. The third-order valence-corrected chi connectivity index (χ3v) is 1.37. The van der Waals surface area contributed by atoms with Crippen LogP contribution in [0.5, 0.6) is 5.75 Å². The van der Waals surface area contributed by atoms with Gasteiger partial charge < -0.3 is 10.1 Å². The predicted octanol–water partition coefficient (Wildman–Crippen LogP) is 1.65. The van der Waals surface area contributed by atoms with Crippen LogP contribution in [-0.2, 0) is 4.79 Å². The Hall–Kier alpha value is -1.51. The summed E-state index contributed by atoms with van der Waals surface area (Å²) in [4.78, 5) is 10.8. The van der Waals surface area contributed by atoms with Crippen LogP contribution >= 0.6 is 0 Å². The van der Waals surface area contributed by atoms with E-state index in [4.69, 9.17) is 6.11 Å². The maximum absolute atomic E-state index is 10.8. The minimum Gasteiger partial charge on any atom is -0.497 e. The summed E-state index contributed by atoms with van der Waals surface area (Å²) < 4.78 is 11.8. The van der Waals surface area contributed by atoms with Crippen LogP contribution in [-0.4, -0.2) is 13.0 Å². The van der Waals surface area contributed by atoms with E-state index >= 15 is 0 Å². The van der Waals surface area contributed by atoms with Crippen LogP contribution in [0.15, 0.2) is 24.3 Å². The van der Waals surface area contributed by atoms with Gasteiger partial charge in [0.1, 0.15) is 5.75 Å². The molecule has 0 heterocycles. The van der Waals surface area contributed by atoms with Gasteiger partial charge in [0.05, 0.1) is 7.11 Å². The van der Waals surface area contributed by atoms with Crippen LogP contribution in [0, 0.1) is 0 Å². The van der Waals surface area contributed by atoms with Crippen molar-refractivity contribution in [2.45, 2.75) is 6.90 Å². The molecule has 0 aromatic heterocycles. The van der Waals surface area contributed by atoms with Crippen molar-refractivity contribution in [3.63, 3.8) is 0 Å². The van der Waals surface area contributed by atoms with Gasteiger partial charge in [-0.2, -0.15) is 0 Å². The second kappa shape index (κ2) is 3.76. The zero-order valence-corrected chi connectivity index (χ0v) is 6.83. The fourth-order valence-electron chi connectivity index (χ4n) is 0.835. The lowest BCUT2D eigenvalue weighted by Gasteiger charge is -2.02. The summed E-state index contributed by atoms with van der Waals surface area (Å²) in [6, 6.07) is 6.96. The number of carbonyl (C=O) groups is 1. The molecule has 64 valence electrons. The van der Waals surface area contributed by atoms with Gasteiger partial charge in [0, 0.05) is 14.0 Å². The van der Waals surface area contributed by atoms with E-state index < -0.39 is 0 Å². The van der Waals surface area contributed by atoms with Crippen molar-refractivity contribution in [3.05, 3.63) is 24.3 Å². The average molecular weight is 166 g/mol. The summed E-state index contributed by atoms with van der Waals surface area (Å²) in [5.41, 5.74) is 0.679. The molecule has 0 aliphatic rings. The van der Waals surface area contributed by atoms with Crippen molar-refractivity contribution < 1.29 is 10.9 Å². The van der Waals surface area contributed by atoms with Crippen molar-refractivity contribution in [3.8, 4) is 5.75 Å².